The Labute approximate surface area is 101 Å². The minimum absolute atomic E-state index is 0.261. The summed E-state index contributed by atoms with van der Waals surface area (Å²) < 4.78 is 0. The van der Waals surface area contributed by atoms with Crippen LogP contribution in [0, 0.1) is 0 Å². The Bertz CT molecular complexity index is 325. The van der Waals surface area contributed by atoms with Crippen LogP contribution in [-0.4, -0.2) is 23.3 Å². The van der Waals surface area contributed by atoms with Gasteiger partial charge in [0.2, 0.25) is 0 Å². The first-order valence-corrected chi connectivity index (χ1v) is 6.54. The maximum atomic E-state index is 3.77. The number of nitrogens with zero attached hydrogens (tertiary/aromatic N) is 1. The van der Waals surface area contributed by atoms with Gasteiger partial charge in [0, 0.05) is 4.83 Å². The molecule has 0 amide bonds. The molecule has 15 heavy (non-hydrogen) atoms. The van der Waals surface area contributed by atoms with E-state index in [0.717, 1.165) is 6.54 Å². The summed E-state index contributed by atoms with van der Waals surface area (Å²) in [6.07, 6.45) is 2.44. The Hall–Kier alpha value is -0.340. The third-order valence-corrected chi connectivity index (χ3v) is 4.44. The van der Waals surface area contributed by atoms with Gasteiger partial charge in [-0.3, -0.25) is 4.90 Å². The molecule has 2 rings (SSSR count). The van der Waals surface area contributed by atoms with E-state index in [2.05, 4.69) is 65.1 Å². The van der Waals surface area contributed by atoms with Crippen molar-refractivity contribution < 1.29 is 0 Å². The predicted molar refractivity (Wildman–Crippen MR) is 68.4 cm³/mol. The van der Waals surface area contributed by atoms with Crippen molar-refractivity contribution in [1.29, 1.82) is 0 Å². The summed E-state index contributed by atoms with van der Waals surface area (Å²) in [6, 6.07) is 10.8. The van der Waals surface area contributed by atoms with Gasteiger partial charge in [-0.1, -0.05) is 53.2 Å². The second-order valence-corrected chi connectivity index (χ2v) is 5.49. The minimum Gasteiger partial charge on any atom is -0.296 e. The minimum atomic E-state index is 0.261. The van der Waals surface area contributed by atoms with Gasteiger partial charge in [-0.2, -0.15) is 0 Å². The fraction of sp³-hybridized carbons (Fsp3) is 0.538. The number of halogens is 1. The maximum Gasteiger partial charge on any atom is 0.0596 e. The molecule has 0 aromatic heterocycles. The molecule has 1 aromatic rings. The molecule has 0 N–H and O–H groups in total. The number of benzene rings is 1. The maximum absolute atomic E-state index is 3.77. The Morgan fingerprint density at radius 1 is 1.40 bits per heavy atom. The van der Waals surface area contributed by atoms with Crippen LogP contribution >= 0.6 is 15.9 Å². The smallest absolute Gasteiger partial charge is 0.0596 e. The van der Waals surface area contributed by atoms with E-state index in [4.69, 9.17) is 0 Å². The van der Waals surface area contributed by atoms with Crippen LogP contribution in [0.4, 0.5) is 0 Å². The van der Waals surface area contributed by atoms with E-state index in [1.807, 2.05) is 0 Å². The van der Waals surface area contributed by atoms with Crippen molar-refractivity contribution >= 4 is 15.9 Å². The molecule has 1 aliphatic rings. The molecule has 0 bridgehead atoms. The van der Waals surface area contributed by atoms with Crippen LogP contribution in [-0.2, 0) is 5.54 Å². The molecule has 0 heterocycles. The monoisotopic (exact) mass is 267 g/mol. The first-order chi connectivity index (χ1) is 7.21. The SMILES string of the molecule is CCCN(C)C1(c2ccccc2)CC1Br. The van der Waals surface area contributed by atoms with Crippen LogP contribution in [0.5, 0.6) is 0 Å². The number of alkyl halides is 1. The molecular formula is C13H18BrN. The van der Waals surface area contributed by atoms with Crippen LogP contribution < -0.4 is 0 Å². The Balaban J connectivity index is 2.24. The molecule has 0 saturated heterocycles. The zero-order valence-corrected chi connectivity index (χ0v) is 11.0. The van der Waals surface area contributed by atoms with Gasteiger partial charge in [-0.05, 0) is 32.0 Å². The van der Waals surface area contributed by atoms with Gasteiger partial charge in [0.1, 0.15) is 0 Å². The summed E-state index contributed by atoms with van der Waals surface area (Å²) in [5.74, 6) is 0. The van der Waals surface area contributed by atoms with Crippen LogP contribution in [0.25, 0.3) is 0 Å². The lowest BCUT2D eigenvalue weighted by Gasteiger charge is -2.28. The normalized spacial score (nSPS) is 29.5. The van der Waals surface area contributed by atoms with E-state index in [-0.39, 0.29) is 5.54 Å². The molecule has 2 unspecified atom stereocenters. The molecular weight excluding hydrogens is 250 g/mol. The molecule has 1 saturated carbocycles. The van der Waals surface area contributed by atoms with Crippen LogP contribution in [0.1, 0.15) is 25.3 Å². The molecule has 2 atom stereocenters. The van der Waals surface area contributed by atoms with Crippen molar-refractivity contribution in [3.05, 3.63) is 35.9 Å². The van der Waals surface area contributed by atoms with Gasteiger partial charge in [0.05, 0.1) is 5.54 Å². The molecule has 1 nitrogen and oxygen atoms in total. The first kappa shape index (κ1) is 11.2. The first-order valence-electron chi connectivity index (χ1n) is 5.62. The lowest BCUT2D eigenvalue weighted by Crippen LogP contribution is -2.34. The summed E-state index contributed by atoms with van der Waals surface area (Å²) in [4.78, 5) is 3.10. The average Bonchev–Trinajstić information content (AvgIpc) is 2.93. The van der Waals surface area contributed by atoms with Gasteiger partial charge in [0.15, 0.2) is 0 Å². The van der Waals surface area contributed by atoms with Gasteiger partial charge in [-0.15, -0.1) is 0 Å². The summed E-state index contributed by atoms with van der Waals surface area (Å²) >= 11 is 3.77. The van der Waals surface area contributed by atoms with Gasteiger partial charge in [-0.25, -0.2) is 0 Å². The second-order valence-electron chi connectivity index (χ2n) is 4.38. The third kappa shape index (κ3) is 1.85. The highest BCUT2D eigenvalue weighted by atomic mass is 79.9. The van der Waals surface area contributed by atoms with Crippen molar-refractivity contribution in [1.82, 2.24) is 4.90 Å². The highest BCUT2D eigenvalue weighted by Gasteiger charge is 2.56. The predicted octanol–water partition coefficient (Wildman–Crippen LogP) is 3.39. The van der Waals surface area contributed by atoms with E-state index < -0.39 is 0 Å². The number of hydrogen-bond donors (Lipinski definition) is 0. The Morgan fingerprint density at radius 2 is 2.00 bits per heavy atom. The molecule has 2 heteroatoms. The molecule has 1 aliphatic carbocycles. The fourth-order valence-corrected chi connectivity index (χ4v) is 3.50. The topological polar surface area (TPSA) is 3.24 Å². The van der Waals surface area contributed by atoms with Crippen LogP contribution in [0.3, 0.4) is 0 Å². The van der Waals surface area contributed by atoms with E-state index in [9.17, 15) is 0 Å². The lowest BCUT2D eigenvalue weighted by molar-refractivity contribution is 0.225. The molecule has 0 spiro atoms. The zero-order chi connectivity index (χ0) is 10.9. The van der Waals surface area contributed by atoms with E-state index in [1.165, 1.54) is 18.4 Å². The van der Waals surface area contributed by atoms with Crippen molar-refractivity contribution in [2.45, 2.75) is 30.1 Å². The van der Waals surface area contributed by atoms with Crippen molar-refractivity contribution in [2.75, 3.05) is 13.6 Å². The molecule has 82 valence electrons. The van der Waals surface area contributed by atoms with E-state index in [1.54, 1.807) is 0 Å². The summed E-state index contributed by atoms with van der Waals surface area (Å²) in [7, 11) is 2.23. The van der Waals surface area contributed by atoms with E-state index in [0.29, 0.717) is 4.83 Å². The molecule has 0 aliphatic heterocycles. The Morgan fingerprint density at radius 3 is 2.47 bits per heavy atom. The highest BCUT2D eigenvalue weighted by molar-refractivity contribution is 9.09. The van der Waals surface area contributed by atoms with Crippen molar-refractivity contribution in [3.8, 4) is 0 Å². The fourth-order valence-electron chi connectivity index (χ4n) is 2.39. The van der Waals surface area contributed by atoms with Crippen LogP contribution in [0.2, 0.25) is 0 Å². The third-order valence-electron chi connectivity index (χ3n) is 3.36. The van der Waals surface area contributed by atoms with Gasteiger partial charge in [0.25, 0.3) is 0 Å². The summed E-state index contributed by atoms with van der Waals surface area (Å²) in [6.45, 7) is 3.40. The molecule has 0 radical (unpaired) electrons. The highest BCUT2D eigenvalue weighted by Crippen LogP contribution is 2.55. The quantitative estimate of drug-likeness (QED) is 0.756. The summed E-state index contributed by atoms with van der Waals surface area (Å²) in [5.41, 5.74) is 1.71. The number of hydrogen-bond acceptors (Lipinski definition) is 1. The Kier molecular flexibility index (Phi) is 3.17. The van der Waals surface area contributed by atoms with Crippen LogP contribution in [0.15, 0.2) is 30.3 Å². The lowest BCUT2D eigenvalue weighted by atomic mass is 10.0. The van der Waals surface area contributed by atoms with Gasteiger partial charge >= 0.3 is 0 Å². The zero-order valence-electron chi connectivity index (χ0n) is 9.41. The number of rotatable bonds is 4. The standard InChI is InChI=1S/C13H18BrN/c1-3-9-15(2)13(10-12(13)14)11-7-5-4-6-8-11/h4-8,12H,3,9-10H2,1-2H3. The van der Waals surface area contributed by atoms with Gasteiger partial charge < -0.3 is 0 Å². The van der Waals surface area contributed by atoms with E-state index >= 15 is 0 Å². The second kappa shape index (κ2) is 4.26. The molecule has 1 aromatic carbocycles. The average molecular weight is 268 g/mol. The van der Waals surface area contributed by atoms with Crippen molar-refractivity contribution in [2.24, 2.45) is 0 Å². The van der Waals surface area contributed by atoms with Crippen molar-refractivity contribution in [3.63, 3.8) is 0 Å². The summed E-state index contributed by atoms with van der Waals surface area (Å²) in [5, 5.41) is 0. The largest absolute Gasteiger partial charge is 0.296 e. The molecule has 1 fully saturated rings.